The first-order valence-corrected chi connectivity index (χ1v) is 12.3. The minimum absolute atomic E-state index is 0.148. The van der Waals surface area contributed by atoms with Crippen molar-refractivity contribution in [2.75, 3.05) is 13.7 Å². The molecular formula is C30H32FNO4. The van der Waals surface area contributed by atoms with Gasteiger partial charge in [-0.3, -0.25) is 4.79 Å². The summed E-state index contributed by atoms with van der Waals surface area (Å²) in [7, 11) is 1.50. The Balaban J connectivity index is 0.00000148. The van der Waals surface area contributed by atoms with E-state index in [1.807, 2.05) is 42.5 Å². The van der Waals surface area contributed by atoms with Crippen LogP contribution in [0.5, 0.6) is 5.75 Å². The lowest BCUT2D eigenvalue weighted by Gasteiger charge is -2.13. The first kappa shape index (κ1) is 25.5. The molecule has 1 aromatic heterocycles. The van der Waals surface area contributed by atoms with Crippen LogP contribution in [0.25, 0.3) is 22.1 Å². The number of fused-ring (bicyclic) bond motifs is 1. The predicted octanol–water partition coefficient (Wildman–Crippen LogP) is 6.68. The Kier molecular flexibility index (Phi) is 8.06. The Bertz CT molecular complexity index is 1360. The third-order valence-corrected chi connectivity index (χ3v) is 6.16. The zero-order chi connectivity index (χ0) is 25.7. The summed E-state index contributed by atoms with van der Waals surface area (Å²) in [6, 6.07) is 18.9. The van der Waals surface area contributed by atoms with Gasteiger partial charge in [0.15, 0.2) is 0 Å². The number of hydrogen-bond donors (Lipinski definition) is 1. The van der Waals surface area contributed by atoms with Crippen molar-refractivity contribution in [3.8, 4) is 16.9 Å². The quantitative estimate of drug-likeness (QED) is 0.279. The normalized spacial score (nSPS) is 12.7. The Morgan fingerprint density at radius 3 is 2.58 bits per heavy atom. The van der Waals surface area contributed by atoms with Gasteiger partial charge in [0.05, 0.1) is 13.0 Å². The molecule has 0 radical (unpaired) electrons. The third-order valence-electron chi connectivity index (χ3n) is 6.16. The molecule has 1 fully saturated rings. The average molecular weight is 490 g/mol. The standard InChI is InChI=1S/C29H27FO4.CH5N/c1-3-32-27(31)16-21-8-4-5-10-25(21)33-17-19-13-22-15-26(20-11-12-20)34-29(22)24(14-19)23-9-6-7-18(2)28(23)30;1-2/h4-10,13-15,20H,3,11-12,16-17H2,1-2H3;2H2,1H3. The summed E-state index contributed by atoms with van der Waals surface area (Å²) in [6.45, 7) is 4.17. The zero-order valence-electron chi connectivity index (χ0n) is 21.0. The number of hydrogen-bond acceptors (Lipinski definition) is 5. The Labute approximate surface area is 211 Å². The van der Waals surface area contributed by atoms with Crippen molar-refractivity contribution in [3.63, 3.8) is 0 Å². The smallest absolute Gasteiger partial charge is 0.310 e. The molecule has 0 bridgehead atoms. The van der Waals surface area contributed by atoms with E-state index in [1.165, 1.54) is 7.05 Å². The number of rotatable bonds is 8. The van der Waals surface area contributed by atoms with E-state index in [9.17, 15) is 4.79 Å². The molecule has 0 amide bonds. The largest absolute Gasteiger partial charge is 0.489 e. The molecule has 0 saturated heterocycles. The van der Waals surface area contributed by atoms with Crippen molar-refractivity contribution in [3.05, 3.63) is 88.9 Å². The molecule has 0 unspecified atom stereocenters. The molecule has 5 nitrogen and oxygen atoms in total. The van der Waals surface area contributed by atoms with Crippen LogP contribution in [0.1, 0.15) is 48.1 Å². The summed E-state index contributed by atoms with van der Waals surface area (Å²) in [5.41, 5.74) is 8.71. The topological polar surface area (TPSA) is 74.7 Å². The van der Waals surface area contributed by atoms with Crippen molar-refractivity contribution in [1.29, 1.82) is 0 Å². The van der Waals surface area contributed by atoms with E-state index in [-0.39, 0.29) is 24.8 Å². The van der Waals surface area contributed by atoms with E-state index in [0.29, 0.717) is 35.0 Å². The van der Waals surface area contributed by atoms with Crippen LogP contribution in [0.4, 0.5) is 4.39 Å². The highest BCUT2D eigenvalue weighted by Crippen LogP contribution is 2.44. The van der Waals surface area contributed by atoms with Gasteiger partial charge in [-0.2, -0.15) is 0 Å². The third kappa shape index (κ3) is 5.60. The van der Waals surface area contributed by atoms with Crippen LogP contribution in [0.2, 0.25) is 0 Å². The number of furan rings is 1. The fourth-order valence-corrected chi connectivity index (χ4v) is 4.26. The first-order valence-electron chi connectivity index (χ1n) is 12.3. The molecule has 1 aliphatic carbocycles. The number of nitrogens with two attached hydrogens (primary N) is 1. The highest BCUT2D eigenvalue weighted by Gasteiger charge is 2.28. The molecule has 0 aliphatic heterocycles. The maximum absolute atomic E-state index is 15.1. The Morgan fingerprint density at radius 2 is 1.83 bits per heavy atom. The lowest BCUT2D eigenvalue weighted by atomic mass is 9.98. The van der Waals surface area contributed by atoms with Crippen LogP contribution in [0.15, 0.2) is 65.1 Å². The fourth-order valence-electron chi connectivity index (χ4n) is 4.26. The fraction of sp³-hybridized carbons (Fsp3) is 0.300. The predicted molar refractivity (Wildman–Crippen MR) is 140 cm³/mol. The number of aryl methyl sites for hydroxylation is 1. The molecule has 4 aromatic rings. The van der Waals surface area contributed by atoms with Crippen LogP contribution in [0, 0.1) is 12.7 Å². The van der Waals surface area contributed by atoms with Crippen LogP contribution in [-0.2, 0) is 22.6 Å². The van der Waals surface area contributed by atoms with E-state index in [1.54, 1.807) is 26.0 Å². The van der Waals surface area contributed by atoms with Crippen molar-refractivity contribution in [2.24, 2.45) is 5.73 Å². The van der Waals surface area contributed by atoms with E-state index in [2.05, 4.69) is 11.8 Å². The number of carbonyl (C=O) groups is 1. The maximum Gasteiger partial charge on any atom is 0.310 e. The number of para-hydroxylation sites is 1. The average Bonchev–Trinajstić information content (AvgIpc) is 3.65. The Morgan fingerprint density at radius 1 is 1.06 bits per heavy atom. The minimum atomic E-state index is -0.289. The second-order valence-corrected chi connectivity index (χ2v) is 8.80. The lowest BCUT2D eigenvalue weighted by Crippen LogP contribution is -2.09. The number of esters is 1. The van der Waals surface area contributed by atoms with Crippen LogP contribution in [0.3, 0.4) is 0 Å². The summed E-state index contributed by atoms with van der Waals surface area (Å²) in [5, 5.41) is 0.943. The van der Waals surface area contributed by atoms with Crippen molar-refractivity contribution in [1.82, 2.24) is 0 Å². The first-order chi connectivity index (χ1) is 17.5. The van der Waals surface area contributed by atoms with E-state index in [4.69, 9.17) is 13.9 Å². The Hall–Kier alpha value is -3.64. The van der Waals surface area contributed by atoms with Gasteiger partial charge in [-0.25, -0.2) is 4.39 Å². The van der Waals surface area contributed by atoms with Crippen LogP contribution >= 0.6 is 0 Å². The van der Waals surface area contributed by atoms with Gasteiger partial charge in [-0.05, 0) is 69.1 Å². The molecule has 1 heterocycles. The minimum Gasteiger partial charge on any atom is -0.489 e. The van der Waals surface area contributed by atoms with E-state index in [0.717, 1.165) is 40.7 Å². The molecule has 5 rings (SSSR count). The van der Waals surface area contributed by atoms with Gasteiger partial charge < -0.3 is 19.6 Å². The molecule has 2 N–H and O–H groups in total. The summed E-state index contributed by atoms with van der Waals surface area (Å²) in [5.74, 6) is 1.51. The second-order valence-electron chi connectivity index (χ2n) is 8.80. The summed E-state index contributed by atoms with van der Waals surface area (Å²) < 4.78 is 32.5. The molecule has 6 heteroatoms. The number of ether oxygens (including phenoxy) is 2. The molecule has 1 aliphatic rings. The molecular weight excluding hydrogens is 457 g/mol. The zero-order valence-corrected chi connectivity index (χ0v) is 21.0. The van der Waals surface area contributed by atoms with Gasteiger partial charge in [0.1, 0.15) is 29.5 Å². The summed E-state index contributed by atoms with van der Waals surface area (Å²) >= 11 is 0. The van der Waals surface area contributed by atoms with Gasteiger partial charge in [0, 0.05) is 28.0 Å². The molecule has 1 saturated carbocycles. The van der Waals surface area contributed by atoms with Gasteiger partial charge in [-0.15, -0.1) is 0 Å². The van der Waals surface area contributed by atoms with Crippen LogP contribution in [-0.4, -0.2) is 19.6 Å². The molecule has 188 valence electrons. The number of halogens is 1. The van der Waals surface area contributed by atoms with Crippen molar-refractivity contribution >= 4 is 16.9 Å². The molecule has 0 spiro atoms. The monoisotopic (exact) mass is 489 g/mol. The molecule has 36 heavy (non-hydrogen) atoms. The second kappa shape index (κ2) is 11.4. The van der Waals surface area contributed by atoms with Crippen molar-refractivity contribution < 1.29 is 23.1 Å². The van der Waals surface area contributed by atoms with Gasteiger partial charge >= 0.3 is 5.97 Å². The highest BCUT2D eigenvalue weighted by molar-refractivity contribution is 5.94. The SMILES string of the molecule is CCOC(=O)Cc1ccccc1OCc1cc(-c2cccc(C)c2F)c2oc(C3CC3)cc2c1.CN. The molecule has 3 aromatic carbocycles. The molecule has 0 atom stereocenters. The van der Waals surface area contributed by atoms with Crippen molar-refractivity contribution in [2.45, 2.75) is 45.6 Å². The van der Waals surface area contributed by atoms with E-state index < -0.39 is 0 Å². The van der Waals surface area contributed by atoms with Gasteiger partial charge in [0.25, 0.3) is 0 Å². The summed E-state index contributed by atoms with van der Waals surface area (Å²) in [4.78, 5) is 12.0. The van der Waals surface area contributed by atoms with Gasteiger partial charge in [0.2, 0.25) is 0 Å². The van der Waals surface area contributed by atoms with Crippen LogP contribution < -0.4 is 10.5 Å². The van der Waals surface area contributed by atoms with E-state index >= 15 is 4.39 Å². The lowest BCUT2D eigenvalue weighted by molar-refractivity contribution is -0.142. The van der Waals surface area contributed by atoms with Gasteiger partial charge in [-0.1, -0.05) is 36.4 Å². The number of carbonyl (C=O) groups excluding carboxylic acids is 1. The highest BCUT2D eigenvalue weighted by atomic mass is 19.1. The summed E-state index contributed by atoms with van der Waals surface area (Å²) in [6.07, 6.45) is 2.40. The maximum atomic E-state index is 15.1. The number of benzene rings is 3.